The fraction of sp³-hybridized carbons (Fsp3) is 0.474. The second-order valence-electron chi connectivity index (χ2n) is 6.35. The maximum atomic E-state index is 12.6. The van der Waals surface area contributed by atoms with Crippen molar-refractivity contribution in [2.45, 2.75) is 38.4 Å². The number of thioether (sulfide) groups is 1. The van der Waals surface area contributed by atoms with Crippen LogP contribution in [0.3, 0.4) is 0 Å². The molecule has 1 aliphatic rings. The zero-order valence-corrected chi connectivity index (χ0v) is 16.2. The maximum absolute atomic E-state index is 12.6. The van der Waals surface area contributed by atoms with Gasteiger partial charge in [-0.15, -0.1) is 0 Å². The number of carbonyl (C=O) groups excluding carboxylic acids is 1. The smallest absolute Gasteiger partial charge is 0.222 e. The van der Waals surface area contributed by atoms with Gasteiger partial charge in [0, 0.05) is 41.1 Å². The van der Waals surface area contributed by atoms with Gasteiger partial charge >= 0.3 is 0 Å². The number of carbonyl (C=O) groups is 1. The van der Waals surface area contributed by atoms with E-state index in [0.717, 1.165) is 47.3 Å². The number of nitrogens with zero attached hydrogens (tertiary/aromatic N) is 2. The lowest BCUT2D eigenvalue weighted by Crippen LogP contribution is -2.33. The van der Waals surface area contributed by atoms with Crippen molar-refractivity contribution < 1.29 is 9.32 Å². The topological polar surface area (TPSA) is 46.3 Å². The summed E-state index contributed by atoms with van der Waals surface area (Å²) in [7, 11) is 0. The van der Waals surface area contributed by atoms with Crippen LogP contribution in [0.5, 0.6) is 0 Å². The summed E-state index contributed by atoms with van der Waals surface area (Å²) in [6, 6.07) is 8.01. The molecule has 2 aromatic rings. The molecule has 134 valence electrons. The summed E-state index contributed by atoms with van der Waals surface area (Å²) in [5.41, 5.74) is 3.13. The van der Waals surface area contributed by atoms with Gasteiger partial charge < -0.3 is 9.42 Å². The lowest BCUT2D eigenvalue weighted by atomic mass is 10.1. The van der Waals surface area contributed by atoms with Gasteiger partial charge in [0.2, 0.25) is 5.91 Å². The molecular formula is C19H23ClN2O2S. The maximum Gasteiger partial charge on any atom is 0.222 e. The van der Waals surface area contributed by atoms with Crippen molar-refractivity contribution in [2.24, 2.45) is 0 Å². The minimum Gasteiger partial charge on any atom is -0.361 e. The minimum atomic E-state index is 0.209. The van der Waals surface area contributed by atoms with E-state index in [1.54, 1.807) is 0 Å². The normalized spacial score (nSPS) is 18.2. The highest BCUT2D eigenvalue weighted by Gasteiger charge is 2.23. The quantitative estimate of drug-likeness (QED) is 0.780. The Morgan fingerprint density at radius 3 is 2.88 bits per heavy atom. The van der Waals surface area contributed by atoms with Gasteiger partial charge in [-0.05, 0) is 38.3 Å². The third kappa shape index (κ3) is 4.39. The Morgan fingerprint density at radius 2 is 2.16 bits per heavy atom. The summed E-state index contributed by atoms with van der Waals surface area (Å²) >= 11 is 8.23. The van der Waals surface area contributed by atoms with Crippen LogP contribution in [-0.4, -0.2) is 34.8 Å². The van der Waals surface area contributed by atoms with E-state index >= 15 is 0 Å². The molecule has 0 aliphatic carbocycles. The lowest BCUT2D eigenvalue weighted by Gasteiger charge is -2.20. The van der Waals surface area contributed by atoms with Gasteiger partial charge in [0.05, 0.1) is 5.69 Å². The van der Waals surface area contributed by atoms with Crippen LogP contribution in [-0.2, 0) is 11.2 Å². The molecule has 6 heteroatoms. The minimum absolute atomic E-state index is 0.209. The molecule has 1 aliphatic heterocycles. The van der Waals surface area contributed by atoms with Gasteiger partial charge in [-0.2, -0.15) is 11.8 Å². The predicted molar refractivity (Wildman–Crippen MR) is 102 cm³/mol. The van der Waals surface area contributed by atoms with Gasteiger partial charge in [0.25, 0.3) is 0 Å². The summed E-state index contributed by atoms with van der Waals surface area (Å²) in [6.45, 7) is 5.40. The Hall–Kier alpha value is -1.46. The van der Waals surface area contributed by atoms with Crippen LogP contribution in [0.15, 0.2) is 28.8 Å². The van der Waals surface area contributed by atoms with Crippen molar-refractivity contribution in [3.63, 3.8) is 0 Å². The average molecular weight is 379 g/mol. The largest absolute Gasteiger partial charge is 0.361 e. The van der Waals surface area contributed by atoms with Crippen molar-refractivity contribution in [3.8, 4) is 0 Å². The molecule has 4 nitrogen and oxygen atoms in total. The van der Waals surface area contributed by atoms with E-state index in [0.29, 0.717) is 18.1 Å². The third-order valence-corrected chi connectivity index (χ3v) is 6.37. The molecule has 0 bridgehead atoms. The standard InChI is InChI=1S/C19H23ClN2O2S/c1-13-15(14(2)24-21-13)7-8-19(23)22-10-9-18(25-12-11-22)16-5-3-4-6-17(16)20/h3-6,18H,7-12H2,1-2H3. The van der Waals surface area contributed by atoms with Crippen molar-refractivity contribution in [1.29, 1.82) is 0 Å². The second-order valence-corrected chi connectivity index (χ2v) is 8.07. The van der Waals surface area contributed by atoms with E-state index < -0.39 is 0 Å². The Kier molecular flexibility index (Phi) is 6.07. The van der Waals surface area contributed by atoms with Gasteiger partial charge in [0.1, 0.15) is 5.76 Å². The zero-order chi connectivity index (χ0) is 17.8. The highest BCUT2D eigenvalue weighted by Crippen LogP contribution is 2.37. The molecule has 1 unspecified atom stereocenters. The highest BCUT2D eigenvalue weighted by atomic mass is 35.5. The van der Waals surface area contributed by atoms with E-state index in [9.17, 15) is 4.79 Å². The fourth-order valence-electron chi connectivity index (χ4n) is 3.25. The Bertz CT molecular complexity index is 727. The number of hydrogen-bond donors (Lipinski definition) is 0. The molecule has 25 heavy (non-hydrogen) atoms. The average Bonchev–Trinajstić information content (AvgIpc) is 2.79. The van der Waals surface area contributed by atoms with Crippen LogP contribution < -0.4 is 0 Å². The van der Waals surface area contributed by atoms with E-state index in [1.165, 1.54) is 5.56 Å². The first-order chi connectivity index (χ1) is 12.1. The monoisotopic (exact) mass is 378 g/mol. The Balaban J connectivity index is 1.57. The molecule has 1 fully saturated rings. The fourth-order valence-corrected chi connectivity index (χ4v) is 4.85. The number of rotatable bonds is 4. The third-order valence-electron chi connectivity index (χ3n) is 4.72. The molecule has 3 rings (SSSR count). The number of aromatic nitrogens is 1. The molecule has 0 N–H and O–H groups in total. The first kappa shape index (κ1) is 18.3. The molecule has 1 aromatic heterocycles. The summed E-state index contributed by atoms with van der Waals surface area (Å²) in [5, 5.41) is 5.13. The van der Waals surface area contributed by atoms with Crippen LogP contribution in [0.2, 0.25) is 5.02 Å². The van der Waals surface area contributed by atoms with E-state index in [1.807, 2.05) is 48.7 Å². The number of aryl methyl sites for hydroxylation is 2. The van der Waals surface area contributed by atoms with Gasteiger partial charge in [0.15, 0.2) is 0 Å². The van der Waals surface area contributed by atoms with E-state index in [-0.39, 0.29) is 5.91 Å². The molecule has 1 saturated heterocycles. The van der Waals surface area contributed by atoms with Gasteiger partial charge in [-0.3, -0.25) is 4.79 Å². The highest BCUT2D eigenvalue weighted by molar-refractivity contribution is 7.99. The molecule has 0 radical (unpaired) electrons. The van der Waals surface area contributed by atoms with Crippen LogP contribution in [0, 0.1) is 13.8 Å². The van der Waals surface area contributed by atoms with Crippen molar-refractivity contribution in [2.75, 3.05) is 18.8 Å². The molecular weight excluding hydrogens is 356 g/mol. The molecule has 0 saturated carbocycles. The Morgan fingerprint density at radius 1 is 1.36 bits per heavy atom. The zero-order valence-electron chi connectivity index (χ0n) is 14.6. The first-order valence-electron chi connectivity index (χ1n) is 8.62. The number of benzene rings is 1. The van der Waals surface area contributed by atoms with Gasteiger partial charge in [-0.1, -0.05) is 35.0 Å². The van der Waals surface area contributed by atoms with Crippen LogP contribution in [0.4, 0.5) is 0 Å². The predicted octanol–water partition coefficient (Wildman–Crippen LogP) is 4.58. The van der Waals surface area contributed by atoms with Crippen molar-refractivity contribution >= 4 is 29.3 Å². The van der Waals surface area contributed by atoms with Crippen molar-refractivity contribution in [1.82, 2.24) is 10.1 Å². The molecule has 0 spiro atoms. The Labute approximate surface area is 157 Å². The molecule has 1 aromatic carbocycles. The van der Waals surface area contributed by atoms with E-state index in [2.05, 4.69) is 11.2 Å². The number of halogens is 1. The number of hydrogen-bond acceptors (Lipinski definition) is 4. The summed E-state index contributed by atoms with van der Waals surface area (Å²) in [4.78, 5) is 14.6. The summed E-state index contributed by atoms with van der Waals surface area (Å²) in [5.74, 6) is 1.96. The summed E-state index contributed by atoms with van der Waals surface area (Å²) in [6.07, 6.45) is 2.13. The van der Waals surface area contributed by atoms with Crippen LogP contribution in [0.25, 0.3) is 0 Å². The summed E-state index contributed by atoms with van der Waals surface area (Å²) < 4.78 is 5.18. The lowest BCUT2D eigenvalue weighted by molar-refractivity contribution is -0.130. The van der Waals surface area contributed by atoms with Gasteiger partial charge in [-0.25, -0.2) is 0 Å². The first-order valence-corrected chi connectivity index (χ1v) is 10.0. The van der Waals surface area contributed by atoms with Crippen LogP contribution in [0.1, 0.15) is 40.7 Å². The molecule has 1 amide bonds. The SMILES string of the molecule is Cc1noc(C)c1CCC(=O)N1CCSC(c2ccccc2Cl)CC1. The van der Waals surface area contributed by atoms with E-state index in [4.69, 9.17) is 16.1 Å². The molecule has 1 atom stereocenters. The number of amides is 1. The molecule has 2 heterocycles. The van der Waals surface area contributed by atoms with Crippen LogP contribution >= 0.6 is 23.4 Å². The van der Waals surface area contributed by atoms with Crippen molar-refractivity contribution in [3.05, 3.63) is 51.9 Å². The second kappa shape index (κ2) is 8.28.